The van der Waals surface area contributed by atoms with E-state index >= 15 is 0 Å². The van der Waals surface area contributed by atoms with Gasteiger partial charge in [-0.1, -0.05) is 17.7 Å². The summed E-state index contributed by atoms with van der Waals surface area (Å²) in [6, 6.07) is 6.30. The van der Waals surface area contributed by atoms with Crippen LogP contribution in [0.4, 0.5) is 0 Å². The fourth-order valence-corrected chi connectivity index (χ4v) is 2.67. The number of aryl methyl sites for hydroxylation is 1. The molecule has 0 aromatic heterocycles. The molecule has 2 atom stereocenters. The van der Waals surface area contributed by atoms with Crippen LogP contribution in [0, 0.1) is 6.92 Å². The SMILES string of the molecule is Cc1ccc2c(c1)[C@H](N)CC1(CCOC1)O2. The van der Waals surface area contributed by atoms with E-state index in [0.29, 0.717) is 6.61 Å². The molecule has 3 nitrogen and oxygen atoms in total. The van der Waals surface area contributed by atoms with Gasteiger partial charge in [0.25, 0.3) is 0 Å². The number of hydrogen-bond acceptors (Lipinski definition) is 3. The van der Waals surface area contributed by atoms with Crippen molar-refractivity contribution >= 4 is 0 Å². The highest BCUT2D eigenvalue weighted by atomic mass is 16.6. The maximum absolute atomic E-state index is 6.23. The first kappa shape index (κ1) is 10.1. The minimum absolute atomic E-state index is 0.0744. The van der Waals surface area contributed by atoms with Crippen molar-refractivity contribution in [2.24, 2.45) is 5.73 Å². The number of nitrogens with two attached hydrogens (primary N) is 1. The number of fused-ring (bicyclic) bond motifs is 1. The molecule has 1 aromatic rings. The van der Waals surface area contributed by atoms with Crippen LogP contribution in [0.3, 0.4) is 0 Å². The van der Waals surface area contributed by atoms with Crippen molar-refractivity contribution in [3.05, 3.63) is 29.3 Å². The van der Waals surface area contributed by atoms with Crippen LogP contribution in [-0.4, -0.2) is 18.8 Å². The molecule has 3 rings (SSSR count). The summed E-state index contributed by atoms with van der Waals surface area (Å²) in [7, 11) is 0. The van der Waals surface area contributed by atoms with Crippen molar-refractivity contribution in [3.8, 4) is 5.75 Å². The molecule has 2 heterocycles. The van der Waals surface area contributed by atoms with Crippen molar-refractivity contribution < 1.29 is 9.47 Å². The number of ether oxygens (including phenoxy) is 2. The van der Waals surface area contributed by atoms with E-state index in [1.165, 1.54) is 5.56 Å². The first-order valence-corrected chi connectivity index (χ1v) is 5.81. The largest absolute Gasteiger partial charge is 0.484 e. The molecule has 0 amide bonds. The predicted octanol–water partition coefficient (Wildman–Crippen LogP) is 1.94. The Kier molecular flexibility index (Phi) is 2.19. The molecule has 2 aliphatic rings. The topological polar surface area (TPSA) is 44.5 Å². The van der Waals surface area contributed by atoms with Gasteiger partial charge in [-0.15, -0.1) is 0 Å². The molecule has 2 aliphatic heterocycles. The molecule has 1 saturated heterocycles. The maximum atomic E-state index is 6.23. The lowest BCUT2D eigenvalue weighted by Crippen LogP contribution is -2.43. The van der Waals surface area contributed by atoms with Crippen LogP contribution in [0.1, 0.15) is 30.0 Å². The highest BCUT2D eigenvalue weighted by Gasteiger charge is 2.42. The molecule has 0 radical (unpaired) electrons. The zero-order valence-corrected chi connectivity index (χ0v) is 9.53. The predicted molar refractivity (Wildman–Crippen MR) is 61.5 cm³/mol. The highest BCUT2D eigenvalue weighted by molar-refractivity contribution is 5.41. The molecule has 2 N–H and O–H groups in total. The molecule has 16 heavy (non-hydrogen) atoms. The van der Waals surface area contributed by atoms with Crippen molar-refractivity contribution in [1.82, 2.24) is 0 Å². The first-order valence-electron chi connectivity index (χ1n) is 5.81. The number of rotatable bonds is 0. The molecular weight excluding hydrogens is 202 g/mol. The van der Waals surface area contributed by atoms with Gasteiger partial charge in [0.2, 0.25) is 0 Å². The van der Waals surface area contributed by atoms with Gasteiger partial charge in [-0.3, -0.25) is 0 Å². The normalized spacial score (nSPS) is 32.5. The Hall–Kier alpha value is -1.06. The van der Waals surface area contributed by atoms with Gasteiger partial charge >= 0.3 is 0 Å². The summed E-state index contributed by atoms with van der Waals surface area (Å²) in [5.41, 5.74) is 8.44. The molecule has 1 unspecified atom stereocenters. The second kappa shape index (κ2) is 3.47. The molecule has 86 valence electrons. The average Bonchev–Trinajstić information content (AvgIpc) is 2.68. The summed E-state index contributed by atoms with van der Waals surface area (Å²) in [5, 5.41) is 0. The molecule has 1 fully saturated rings. The fourth-order valence-electron chi connectivity index (χ4n) is 2.67. The van der Waals surface area contributed by atoms with Crippen molar-refractivity contribution in [2.45, 2.75) is 31.4 Å². The van der Waals surface area contributed by atoms with Crippen LogP contribution in [0.25, 0.3) is 0 Å². The summed E-state index contributed by atoms with van der Waals surface area (Å²) in [4.78, 5) is 0. The molecular formula is C13H17NO2. The van der Waals surface area contributed by atoms with E-state index in [-0.39, 0.29) is 11.6 Å². The second-order valence-electron chi connectivity index (χ2n) is 4.94. The Morgan fingerprint density at radius 1 is 1.44 bits per heavy atom. The molecule has 1 aromatic carbocycles. The van der Waals surface area contributed by atoms with Gasteiger partial charge < -0.3 is 15.2 Å². The molecule has 1 spiro atoms. The monoisotopic (exact) mass is 219 g/mol. The van der Waals surface area contributed by atoms with E-state index in [4.69, 9.17) is 15.2 Å². The van der Waals surface area contributed by atoms with Gasteiger partial charge in [-0.2, -0.15) is 0 Å². The van der Waals surface area contributed by atoms with E-state index in [2.05, 4.69) is 19.1 Å². The molecule has 0 aliphatic carbocycles. The van der Waals surface area contributed by atoms with Gasteiger partial charge in [-0.25, -0.2) is 0 Å². The standard InChI is InChI=1S/C13H17NO2/c1-9-2-3-12-10(6-9)11(14)7-13(16-12)4-5-15-8-13/h2-3,6,11H,4-5,7-8,14H2,1H3/t11-,13?/m1/s1. The van der Waals surface area contributed by atoms with Crippen LogP contribution in [0.15, 0.2) is 18.2 Å². The lowest BCUT2D eigenvalue weighted by atomic mass is 9.86. The third-order valence-electron chi connectivity index (χ3n) is 3.55. The van der Waals surface area contributed by atoms with Crippen LogP contribution >= 0.6 is 0 Å². The third-order valence-corrected chi connectivity index (χ3v) is 3.55. The Labute approximate surface area is 95.5 Å². The molecule has 3 heteroatoms. The summed E-state index contributed by atoms with van der Waals surface area (Å²) in [6.45, 7) is 3.54. The minimum atomic E-state index is -0.165. The number of benzene rings is 1. The van der Waals surface area contributed by atoms with Crippen LogP contribution < -0.4 is 10.5 Å². The lowest BCUT2D eigenvalue weighted by Gasteiger charge is -2.37. The van der Waals surface area contributed by atoms with E-state index in [1.54, 1.807) is 0 Å². The zero-order valence-electron chi connectivity index (χ0n) is 9.53. The molecule has 0 bridgehead atoms. The third kappa shape index (κ3) is 1.51. The highest BCUT2D eigenvalue weighted by Crippen LogP contribution is 2.42. The molecule has 0 saturated carbocycles. The van der Waals surface area contributed by atoms with Gasteiger partial charge in [0.15, 0.2) is 0 Å². The smallest absolute Gasteiger partial charge is 0.136 e. The fraction of sp³-hybridized carbons (Fsp3) is 0.538. The van der Waals surface area contributed by atoms with Crippen molar-refractivity contribution in [2.75, 3.05) is 13.2 Å². The summed E-state index contributed by atoms with van der Waals surface area (Å²) >= 11 is 0. The Balaban J connectivity index is 1.99. The first-order chi connectivity index (χ1) is 7.69. The van der Waals surface area contributed by atoms with Crippen LogP contribution in [0.5, 0.6) is 5.75 Å². The van der Waals surface area contributed by atoms with Gasteiger partial charge in [0, 0.05) is 24.4 Å². The maximum Gasteiger partial charge on any atom is 0.136 e. The average molecular weight is 219 g/mol. The number of hydrogen-bond donors (Lipinski definition) is 1. The lowest BCUT2D eigenvalue weighted by molar-refractivity contribution is 0.0235. The Morgan fingerprint density at radius 3 is 3.06 bits per heavy atom. The van der Waals surface area contributed by atoms with E-state index in [1.807, 2.05) is 6.07 Å². The van der Waals surface area contributed by atoms with E-state index < -0.39 is 0 Å². The second-order valence-corrected chi connectivity index (χ2v) is 4.94. The van der Waals surface area contributed by atoms with Crippen molar-refractivity contribution in [1.29, 1.82) is 0 Å². The van der Waals surface area contributed by atoms with E-state index in [9.17, 15) is 0 Å². The zero-order chi connectivity index (χ0) is 11.2. The Bertz CT molecular complexity index is 410. The van der Waals surface area contributed by atoms with Gasteiger partial charge in [0.05, 0.1) is 13.2 Å². The van der Waals surface area contributed by atoms with E-state index in [0.717, 1.165) is 30.8 Å². The Morgan fingerprint density at radius 2 is 2.31 bits per heavy atom. The van der Waals surface area contributed by atoms with Crippen molar-refractivity contribution in [3.63, 3.8) is 0 Å². The summed E-state index contributed by atoms with van der Waals surface area (Å²) in [6.07, 6.45) is 1.82. The van der Waals surface area contributed by atoms with Crippen LogP contribution in [0.2, 0.25) is 0 Å². The van der Waals surface area contributed by atoms with Crippen LogP contribution in [-0.2, 0) is 4.74 Å². The van der Waals surface area contributed by atoms with Gasteiger partial charge in [-0.05, 0) is 13.0 Å². The minimum Gasteiger partial charge on any atom is -0.484 e. The summed E-state index contributed by atoms with van der Waals surface area (Å²) < 4.78 is 11.5. The quantitative estimate of drug-likeness (QED) is 0.725. The summed E-state index contributed by atoms with van der Waals surface area (Å²) in [5.74, 6) is 0.940. The van der Waals surface area contributed by atoms with Gasteiger partial charge in [0.1, 0.15) is 11.4 Å².